The van der Waals surface area contributed by atoms with E-state index in [0.29, 0.717) is 17.6 Å². The maximum atomic E-state index is 12.6. The Labute approximate surface area is 148 Å². The van der Waals surface area contributed by atoms with Crippen molar-refractivity contribution < 1.29 is 14.3 Å². The quantitative estimate of drug-likeness (QED) is 0.801. The van der Waals surface area contributed by atoms with Gasteiger partial charge in [0.2, 0.25) is 5.88 Å². The Hall–Kier alpha value is -1.73. The third-order valence-electron chi connectivity index (χ3n) is 5.74. The highest BCUT2D eigenvalue weighted by atomic mass is 16.5. The lowest BCUT2D eigenvalue weighted by Crippen LogP contribution is -2.39. The number of aromatic nitrogens is 2. The zero-order valence-corrected chi connectivity index (χ0v) is 14.9. The van der Waals surface area contributed by atoms with Gasteiger partial charge in [0, 0.05) is 58.1 Å². The summed E-state index contributed by atoms with van der Waals surface area (Å²) < 4.78 is 11.5. The van der Waals surface area contributed by atoms with Gasteiger partial charge in [0.25, 0.3) is 5.91 Å². The summed E-state index contributed by atoms with van der Waals surface area (Å²) >= 11 is 0. The van der Waals surface area contributed by atoms with E-state index in [1.165, 1.54) is 0 Å². The standard InChI is InChI=1S/C18H26N4O3/c1-12-19-6-3-16(20-12)25-17-14-10-22(9-13-4-7-24-8-5-13)11-15(14)21(2)18(17)23/h3,6,13-15,17H,4-5,7-11H2,1-2H3/t14-,15+,17-/m0/s1. The summed E-state index contributed by atoms with van der Waals surface area (Å²) in [5.41, 5.74) is 0. The molecule has 3 saturated heterocycles. The van der Waals surface area contributed by atoms with Crippen LogP contribution in [0.25, 0.3) is 0 Å². The number of nitrogens with zero attached hydrogens (tertiary/aromatic N) is 4. The molecular weight excluding hydrogens is 320 g/mol. The van der Waals surface area contributed by atoms with Crippen LogP contribution in [0.2, 0.25) is 0 Å². The monoisotopic (exact) mass is 346 g/mol. The topological polar surface area (TPSA) is 67.8 Å². The molecule has 0 unspecified atom stereocenters. The number of likely N-dealkylation sites (N-methyl/N-ethyl adjacent to an activating group) is 1. The van der Waals surface area contributed by atoms with Gasteiger partial charge in [-0.05, 0) is 25.7 Å². The van der Waals surface area contributed by atoms with Gasteiger partial charge in [0.15, 0.2) is 6.10 Å². The number of amides is 1. The first-order chi connectivity index (χ1) is 12.1. The Kier molecular flexibility index (Phi) is 4.60. The van der Waals surface area contributed by atoms with Crippen molar-refractivity contribution in [1.29, 1.82) is 0 Å². The highest BCUT2D eigenvalue weighted by molar-refractivity contribution is 5.84. The van der Waals surface area contributed by atoms with Crippen molar-refractivity contribution in [3.63, 3.8) is 0 Å². The van der Waals surface area contributed by atoms with E-state index in [1.807, 2.05) is 18.9 Å². The summed E-state index contributed by atoms with van der Waals surface area (Å²) in [6.45, 7) is 6.52. The second-order valence-electron chi connectivity index (χ2n) is 7.44. The van der Waals surface area contributed by atoms with Gasteiger partial charge < -0.3 is 19.3 Å². The molecule has 3 aliphatic heterocycles. The highest BCUT2D eigenvalue weighted by Crippen LogP contribution is 2.34. The van der Waals surface area contributed by atoms with Gasteiger partial charge in [0.1, 0.15) is 5.82 Å². The molecule has 0 spiro atoms. The zero-order chi connectivity index (χ0) is 17.4. The van der Waals surface area contributed by atoms with Crippen LogP contribution in [-0.2, 0) is 9.53 Å². The van der Waals surface area contributed by atoms with Crippen molar-refractivity contribution in [2.75, 3.05) is 39.9 Å². The minimum Gasteiger partial charge on any atom is -0.464 e. The molecule has 3 fully saturated rings. The van der Waals surface area contributed by atoms with Crippen LogP contribution in [0.15, 0.2) is 12.3 Å². The fourth-order valence-corrected chi connectivity index (χ4v) is 4.36. The highest BCUT2D eigenvalue weighted by Gasteiger charge is 2.52. The fourth-order valence-electron chi connectivity index (χ4n) is 4.36. The first-order valence-electron chi connectivity index (χ1n) is 9.15. The largest absolute Gasteiger partial charge is 0.464 e. The summed E-state index contributed by atoms with van der Waals surface area (Å²) in [5, 5.41) is 0. The van der Waals surface area contributed by atoms with Gasteiger partial charge in [-0.2, -0.15) is 4.98 Å². The molecule has 0 saturated carbocycles. The van der Waals surface area contributed by atoms with E-state index < -0.39 is 6.10 Å². The van der Waals surface area contributed by atoms with E-state index in [0.717, 1.165) is 45.7 Å². The predicted octanol–water partition coefficient (Wildman–Crippen LogP) is 0.731. The molecule has 7 nitrogen and oxygen atoms in total. The van der Waals surface area contributed by atoms with Crippen molar-refractivity contribution >= 4 is 5.91 Å². The molecule has 0 bridgehead atoms. The predicted molar refractivity (Wildman–Crippen MR) is 91.2 cm³/mol. The molecule has 1 amide bonds. The Morgan fingerprint density at radius 1 is 1.32 bits per heavy atom. The number of likely N-dealkylation sites (tertiary alicyclic amines) is 2. The number of ether oxygens (including phenoxy) is 2. The summed E-state index contributed by atoms with van der Waals surface area (Å²) in [5.74, 6) is 2.12. The smallest absolute Gasteiger partial charge is 0.264 e. The number of fused-ring (bicyclic) bond motifs is 1. The summed E-state index contributed by atoms with van der Waals surface area (Å²) in [6, 6.07) is 1.96. The van der Waals surface area contributed by atoms with Gasteiger partial charge in [-0.1, -0.05) is 0 Å². The van der Waals surface area contributed by atoms with Gasteiger partial charge in [-0.25, -0.2) is 4.98 Å². The number of carbonyl (C=O) groups excluding carboxylic acids is 1. The lowest BCUT2D eigenvalue weighted by molar-refractivity contribution is -0.134. The third-order valence-corrected chi connectivity index (χ3v) is 5.74. The molecule has 136 valence electrons. The van der Waals surface area contributed by atoms with E-state index in [9.17, 15) is 4.79 Å². The summed E-state index contributed by atoms with van der Waals surface area (Å²) in [7, 11) is 1.90. The minimum atomic E-state index is -0.441. The first kappa shape index (κ1) is 16.7. The molecule has 0 aromatic carbocycles. The van der Waals surface area contributed by atoms with Crippen molar-refractivity contribution in [3.05, 3.63) is 18.1 Å². The zero-order valence-electron chi connectivity index (χ0n) is 14.9. The molecule has 0 radical (unpaired) electrons. The Balaban J connectivity index is 1.43. The van der Waals surface area contributed by atoms with Gasteiger partial charge >= 0.3 is 0 Å². The summed E-state index contributed by atoms with van der Waals surface area (Å²) in [6.07, 6.45) is 3.51. The molecule has 7 heteroatoms. The van der Waals surface area contributed by atoms with Gasteiger partial charge in [-0.15, -0.1) is 0 Å². The number of hydrogen-bond acceptors (Lipinski definition) is 6. The molecule has 3 atom stereocenters. The molecule has 0 aliphatic carbocycles. The van der Waals surface area contributed by atoms with Crippen LogP contribution in [0.5, 0.6) is 5.88 Å². The fraction of sp³-hybridized carbons (Fsp3) is 0.722. The van der Waals surface area contributed by atoms with Crippen molar-refractivity contribution in [2.24, 2.45) is 11.8 Å². The Morgan fingerprint density at radius 3 is 2.88 bits per heavy atom. The summed E-state index contributed by atoms with van der Waals surface area (Å²) in [4.78, 5) is 25.4. The van der Waals surface area contributed by atoms with E-state index >= 15 is 0 Å². The van der Waals surface area contributed by atoms with Crippen molar-refractivity contribution in [1.82, 2.24) is 19.8 Å². The maximum absolute atomic E-state index is 12.6. The van der Waals surface area contributed by atoms with Gasteiger partial charge in [-0.3, -0.25) is 4.79 Å². The van der Waals surface area contributed by atoms with Crippen LogP contribution in [0.3, 0.4) is 0 Å². The van der Waals surface area contributed by atoms with Crippen molar-refractivity contribution in [2.45, 2.75) is 31.9 Å². The van der Waals surface area contributed by atoms with Crippen LogP contribution >= 0.6 is 0 Å². The minimum absolute atomic E-state index is 0.0666. The van der Waals surface area contributed by atoms with Crippen molar-refractivity contribution in [3.8, 4) is 5.88 Å². The molecule has 4 heterocycles. The molecular formula is C18H26N4O3. The van der Waals surface area contributed by atoms with Crippen LogP contribution in [0.4, 0.5) is 0 Å². The molecule has 4 rings (SSSR count). The van der Waals surface area contributed by atoms with Crippen LogP contribution in [0, 0.1) is 18.8 Å². The van der Waals surface area contributed by atoms with E-state index in [2.05, 4.69) is 14.9 Å². The van der Waals surface area contributed by atoms with Crippen LogP contribution in [-0.4, -0.2) is 77.7 Å². The normalized spacial score (nSPS) is 30.7. The Bertz CT molecular complexity index is 635. The SMILES string of the molecule is Cc1nccc(O[C@@H]2C(=O)N(C)[C@@H]3CN(CC4CCOCC4)C[C@H]23)n1. The number of hydrogen-bond donors (Lipinski definition) is 0. The number of aryl methyl sites for hydroxylation is 1. The number of carbonyl (C=O) groups is 1. The molecule has 1 aromatic heterocycles. The molecule has 1 aromatic rings. The van der Waals surface area contributed by atoms with E-state index in [-0.39, 0.29) is 17.9 Å². The lowest BCUT2D eigenvalue weighted by atomic mass is 9.99. The van der Waals surface area contributed by atoms with Crippen LogP contribution < -0.4 is 4.74 Å². The molecule has 3 aliphatic rings. The van der Waals surface area contributed by atoms with E-state index in [1.54, 1.807) is 12.3 Å². The number of rotatable bonds is 4. The maximum Gasteiger partial charge on any atom is 0.264 e. The second kappa shape index (κ2) is 6.88. The molecule has 0 N–H and O–H groups in total. The lowest BCUT2D eigenvalue weighted by Gasteiger charge is -2.28. The second-order valence-corrected chi connectivity index (χ2v) is 7.44. The van der Waals surface area contributed by atoms with E-state index in [4.69, 9.17) is 9.47 Å². The first-order valence-corrected chi connectivity index (χ1v) is 9.15. The Morgan fingerprint density at radius 2 is 2.12 bits per heavy atom. The van der Waals surface area contributed by atoms with Gasteiger partial charge in [0.05, 0.1) is 6.04 Å². The average molecular weight is 346 g/mol. The molecule has 25 heavy (non-hydrogen) atoms. The van der Waals surface area contributed by atoms with Crippen LogP contribution in [0.1, 0.15) is 18.7 Å². The average Bonchev–Trinajstić information content (AvgIpc) is 3.10. The third kappa shape index (κ3) is 3.35.